The lowest BCUT2D eigenvalue weighted by Gasteiger charge is -2.25. The zero-order valence-corrected chi connectivity index (χ0v) is 23.0. The summed E-state index contributed by atoms with van der Waals surface area (Å²) >= 11 is 13.4. The molecule has 1 atom stereocenters. The van der Waals surface area contributed by atoms with Crippen LogP contribution in [0.25, 0.3) is 32.8 Å². The first kappa shape index (κ1) is 25.6. The molecule has 2 aliphatic heterocycles. The fourth-order valence-corrected chi connectivity index (χ4v) is 6.44. The number of hydrogen-bond acceptors (Lipinski definition) is 5. The van der Waals surface area contributed by atoms with Crippen LogP contribution in [-0.4, -0.2) is 54.2 Å². The minimum absolute atomic E-state index is 0.208. The van der Waals surface area contributed by atoms with Gasteiger partial charge in [0.25, 0.3) is 0 Å². The Morgan fingerprint density at radius 3 is 2.45 bits per heavy atom. The summed E-state index contributed by atoms with van der Waals surface area (Å²) < 4.78 is 22.7. The number of halogens is 3. The average molecular weight is 554 g/mol. The Bertz CT molecular complexity index is 1480. The molecule has 198 valence electrons. The molecule has 2 fully saturated rings. The van der Waals surface area contributed by atoms with Crippen molar-refractivity contribution in [1.29, 1.82) is 0 Å². The number of rotatable bonds is 5. The molecule has 0 spiro atoms. The summed E-state index contributed by atoms with van der Waals surface area (Å²) in [6.45, 7) is 3.24. The molecule has 5 nitrogen and oxygen atoms in total. The maximum atomic E-state index is 16.6. The second-order valence-electron chi connectivity index (χ2n) is 10.4. The fourth-order valence-electron chi connectivity index (χ4n) is 5.86. The number of likely N-dealkylation sites (tertiary alicyclic amines) is 1. The van der Waals surface area contributed by atoms with E-state index in [0.29, 0.717) is 45.0 Å². The van der Waals surface area contributed by atoms with Gasteiger partial charge in [0.1, 0.15) is 17.9 Å². The largest absolute Gasteiger partial charge is 0.462 e. The Balaban J connectivity index is 1.52. The minimum Gasteiger partial charge on any atom is -0.462 e. The summed E-state index contributed by atoms with van der Waals surface area (Å²) in [5.41, 5.74) is 1.15. The number of aromatic nitrogens is 2. The highest BCUT2D eigenvalue weighted by Gasteiger charge is 2.26. The van der Waals surface area contributed by atoms with Gasteiger partial charge in [0.15, 0.2) is 5.82 Å². The number of ether oxygens (including phenoxy) is 1. The smallest absolute Gasteiger partial charge is 0.319 e. The third-order valence-corrected chi connectivity index (χ3v) is 8.56. The Kier molecular flexibility index (Phi) is 7.30. The highest BCUT2D eigenvalue weighted by atomic mass is 35.5. The number of anilines is 1. The van der Waals surface area contributed by atoms with Crippen LogP contribution < -0.4 is 9.64 Å². The van der Waals surface area contributed by atoms with Gasteiger partial charge >= 0.3 is 6.01 Å². The van der Waals surface area contributed by atoms with Crippen molar-refractivity contribution in [2.45, 2.75) is 44.6 Å². The van der Waals surface area contributed by atoms with Gasteiger partial charge in [-0.25, -0.2) is 4.39 Å². The SMILES string of the molecule is CN1CCCC1COc1nc(N2CCCCCC2)c2cc(Cl)c(-c3cccc4cccc(Cl)c34)c(F)c2n1. The predicted octanol–water partition coefficient (Wildman–Crippen LogP) is 7.75. The van der Waals surface area contributed by atoms with E-state index >= 15 is 4.39 Å². The summed E-state index contributed by atoms with van der Waals surface area (Å²) in [7, 11) is 2.11. The Morgan fingerprint density at radius 1 is 0.947 bits per heavy atom. The molecule has 2 saturated heterocycles. The van der Waals surface area contributed by atoms with Crippen molar-refractivity contribution in [1.82, 2.24) is 14.9 Å². The van der Waals surface area contributed by atoms with Crippen molar-refractivity contribution in [2.24, 2.45) is 0 Å². The first-order chi connectivity index (χ1) is 18.5. The van der Waals surface area contributed by atoms with Crippen molar-refractivity contribution in [3.63, 3.8) is 0 Å². The fraction of sp³-hybridized carbons (Fsp3) is 0.400. The van der Waals surface area contributed by atoms with Crippen LogP contribution in [0.4, 0.5) is 10.2 Å². The van der Waals surface area contributed by atoms with Gasteiger partial charge in [-0.2, -0.15) is 9.97 Å². The monoisotopic (exact) mass is 552 g/mol. The number of benzene rings is 3. The molecular formula is C30H31Cl2FN4O. The highest BCUT2D eigenvalue weighted by molar-refractivity contribution is 6.38. The van der Waals surface area contributed by atoms with Gasteiger partial charge in [-0.3, -0.25) is 0 Å². The second-order valence-corrected chi connectivity index (χ2v) is 11.2. The molecule has 8 heteroatoms. The van der Waals surface area contributed by atoms with E-state index in [9.17, 15) is 0 Å². The molecule has 1 aromatic heterocycles. The van der Waals surface area contributed by atoms with Gasteiger partial charge in [0, 0.05) is 40.5 Å². The van der Waals surface area contributed by atoms with Crippen molar-refractivity contribution in [3.05, 3.63) is 58.3 Å². The van der Waals surface area contributed by atoms with Crippen LogP contribution >= 0.6 is 23.2 Å². The minimum atomic E-state index is -0.485. The lowest BCUT2D eigenvalue weighted by Crippen LogP contribution is -2.31. The van der Waals surface area contributed by atoms with E-state index in [4.69, 9.17) is 32.9 Å². The van der Waals surface area contributed by atoms with Crippen LogP contribution in [0.15, 0.2) is 42.5 Å². The van der Waals surface area contributed by atoms with E-state index < -0.39 is 5.82 Å². The number of likely N-dealkylation sites (N-methyl/N-ethyl adjacent to an activating group) is 1. The third-order valence-electron chi connectivity index (χ3n) is 7.95. The van der Waals surface area contributed by atoms with Gasteiger partial charge in [0.2, 0.25) is 0 Å². The van der Waals surface area contributed by atoms with Crippen LogP contribution in [0.3, 0.4) is 0 Å². The summed E-state index contributed by atoms with van der Waals surface area (Å²) in [6, 6.07) is 13.7. The van der Waals surface area contributed by atoms with E-state index in [1.54, 1.807) is 6.07 Å². The molecule has 0 aliphatic carbocycles. The van der Waals surface area contributed by atoms with Crippen LogP contribution in [-0.2, 0) is 0 Å². The standard InChI is InChI=1S/C30H31Cl2FN4O/c1-36-14-8-11-20(36)18-38-30-34-28-22(29(35-30)37-15-4-2-3-5-16-37)17-24(32)26(27(28)33)21-12-6-9-19-10-7-13-23(31)25(19)21/h6-7,9-10,12-13,17,20H,2-5,8,11,14-16,18H2,1H3. The number of hydrogen-bond donors (Lipinski definition) is 0. The zero-order chi connectivity index (χ0) is 26.2. The maximum Gasteiger partial charge on any atom is 0.319 e. The topological polar surface area (TPSA) is 41.5 Å². The van der Waals surface area contributed by atoms with E-state index in [1.165, 1.54) is 12.8 Å². The summed E-state index contributed by atoms with van der Waals surface area (Å²) in [5.74, 6) is 0.205. The molecule has 2 aliphatic rings. The van der Waals surface area contributed by atoms with Crippen LogP contribution in [0, 0.1) is 5.82 Å². The van der Waals surface area contributed by atoms with E-state index in [1.807, 2.05) is 36.4 Å². The molecular weight excluding hydrogens is 522 g/mol. The maximum absolute atomic E-state index is 16.6. The van der Waals surface area contributed by atoms with E-state index in [2.05, 4.69) is 21.8 Å². The molecule has 4 aromatic rings. The third kappa shape index (κ3) is 4.78. The number of nitrogens with zero attached hydrogens (tertiary/aromatic N) is 4. The molecule has 3 aromatic carbocycles. The lowest BCUT2D eigenvalue weighted by molar-refractivity contribution is 0.188. The number of fused-ring (bicyclic) bond motifs is 2. The molecule has 0 bridgehead atoms. The molecule has 0 saturated carbocycles. The lowest BCUT2D eigenvalue weighted by atomic mass is 9.96. The van der Waals surface area contributed by atoms with Crippen LogP contribution in [0.2, 0.25) is 10.0 Å². The Hall–Kier alpha value is -2.67. The normalized spacial score (nSPS) is 18.8. The quantitative estimate of drug-likeness (QED) is 0.253. The zero-order valence-electron chi connectivity index (χ0n) is 21.5. The first-order valence-electron chi connectivity index (χ1n) is 13.5. The summed E-state index contributed by atoms with van der Waals surface area (Å²) in [5, 5.41) is 3.15. The predicted molar refractivity (Wildman–Crippen MR) is 154 cm³/mol. The van der Waals surface area contributed by atoms with Crippen LogP contribution in [0.1, 0.15) is 38.5 Å². The molecule has 0 N–H and O–H groups in total. The van der Waals surface area contributed by atoms with Gasteiger partial charge in [0.05, 0.1) is 5.02 Å². The van der Waals surface area contributed by atoms with Gasteiger partial charge < -0.3 is 14.5 Å². The van der Waals surface area contributed by atoms with Crippen molar-refractivity contribution in [3.8, 4) is 17.1 Å². The summed E-state index contributed by atoms with van der Waals surface area (Å²) in [6.07, 6.45) is 6.70. The van der Waals surface area contributed by atoms with E-state index in [-0.39, 0.29) is 11.5 Å². The van der Waals surface area contributed by atoms with Gasteiger partial charge in [-0.1, -0.05) is 66.4 Å². The molecule has 38 heavy (non-hydrogen) atoms. The average Bonchev–Trinajstić information content (AvgIpc) is 3.14. The highest BCUT2D eigenvalue weighted by Crippen LogP contribution is 2.42. The second kappa shape index (κ2) is 10.8. The Labute approximate surface area is 232 Å². The molecule has 1 unspecified atom stereocenters. The molecule has 0 radical (unpaired) electrons. The van der Waals surface area contributed by atoms with Crippen molar-refractivity contribution in [2.75, 3.05) is 38.2 Å². The van der Waals surface area contributed by atoms with Crippen LogP contribution in [0.5, 0.6) is 6.01 Å². The summed E-state index contributed by atoms with van der Waals surface area (Å²) in [4.78, 5) is 14.0. The molecule has 6 rings (SSSR count). The molecule has 3 heterocycles. The molecule has 0 amide bonds. The van der Waals surface area contributed by atoms with E-state index in [0.717, 1.165) is 56.1 Å². The Morgan fingerprint density at radius 2 is 1.71 bits per heavy atom. The van der Waals surface area contributed by atoms with Gasteiger partial charge in [-0.05, 0) is 62.4 Å². The van der Waals surface area contributed by atoms with Gasteiger partial charge in [-0.15, -0.1) is 0 Å². The first-order valence-corrected chi connectivity index (χ1v) is 14.2. The van der Waals surface area contributed by atoms with Crippen molar-refractivity contribution >= 4 is 50.7 Å². The van der Waals surface area contributed by atoms with Crippen molar-refractivity contribution < 1.29 is 9.13 Å².